The monoisotopic (exact) mass is 349 g/mol. The van der Waals surface area contributed by atoms with Crippen LogP contribution in [0.1, 0.15) is 16.1 Å². The van der Waals surface area contributed by atoms with Gasteiger partial charge in [-0.05, 0) is 17.7 Å². The fourth-order valence-corrected chi connectivity index (χ4v) is 2.97. The van der Waals surface area contributed by atoms with Gasteiger partial charge in [-0.2, -0.15) is 0 Å². The maximum absolute atomic E-state index is 11.0. The van der Waals surface area contributed by atoms with Gasteiger partial charge < -0.3 is 14.8 Å². The Bertz CT molecular complexity index is 859. The maximum Gasteiger partial charge on any atom is 0.352 e. The normalized spacial score (nSPS) is 10.9. The molecule has 4 nitrogen and oxygen atoms in total. The lowest BCUT2D eigenvalue weighted by molar-refractivity contribution is 0.0691. The zero-order valence-electron chi connectivity index (χ0n) is 12.0. The molecule has 0 aliphatic heterocycles. The van der Waals surface area contributed by atoms with Gasteiger partial charge >= 0.3 is 5.97 Å². The van der Waals surface area contributed by atoms with E-state index in [2.05, 4.69) is 4.98 Å². The predicted octanol–water partition coefficient (Wildman–Crippen LogP) is 4.79. The summed E-state index contributed by atoms with van der Waals surface area (Å²) in [6.45, 7) is 0.422. The summed E-state index contributed by atoms with van der Waals surface area (Å²) in [6, 6.07) is 13.0. The van der Waals surface area contributed by atoms with Gasteiger partial charge in [0, 0.05) is 17.3 Å². The molecule has 0 radical (unpaired) electrons. The van der Waals surface area contributed by atoms with Crippen LogP contribution in [0.15, 0.2) is 42.5 Å². The smallest absolute Gasteiger partial charge is 0.352 e. The zero-order valence-corrected chi connectivity index (χ0v) is 13.5. The number of H-pyrrole nitrogens is 1. The highest BCUT2D eigenvalue weighted by atomic mass is 35.5. The number of aromatic amines is 1. The number of carbonyl (C=O) groups is 1. The third-order valence-corrected chi connectivity index (χ3v) is 4.14. The summed E-state index contributed by atoms with van der Waals surface area (Å²) in [6.07, 6.45) is 0.721. The minimum atomic E-state index is -1.06. The van der Waals surface area contributed by atoms with E-state index in [0.29, 0.717) is 33.3 Å². The molecule has 0 atom stereocenters. The van der Waals surface area contributed by atoms with Crippen LogP contribution in [0.4, 0.5) is 0 Å². The van der Waals surface area contributed by atoms with E-state index >= 15 is 0 Å². The van der Waals surface area contributed by atoms with Gasteiger partial charge in [0.1, 0.15) is 5.69 Å². The number of carboxylic acids is 1. The summed E-state index contributed by atoms with van der Waals surface area (Å²) in [7, 11) is 0. The Morgan fingerprint density at radius 3 is 2.61 bits per heavy atom. The first-order valence-electron chi connectivity index (χ1n) is 6.97. The van der Waals surface area contributed by atoms with Crippen molar-refractivity contribution in [3.8, 4) is 5.75 Å². The van der Waals surface area contributed by atoms with Gasteiger partial charge in [0.05, 0.1) is 16.7 Å². The number of halogens is 2. The van der Waals surface area contributed by atoms with E-state index in [4.69, 9.17) is 33.0 Å². The summed E-state index contributed by atoms with van der Waals surface area (Å²) >= 11 is 12.5. The third kappa shape index (κ3) is 3.28. The molecule has 0 aliphatic carbocycles. The second-order valence-electron chi connectivity index (χ2n) is 5.03. The second kappa shape index (κ2) is 6.52. The highest BCUT2D eigenvalue weighted by Gasteiger charge is 2.16. The molecule has 0 spiro atoms. The Kier molecular flexibility index (Phi) is 4.46. The summed E-state index contributed by atoms with van der Waals surface area (Å²) in [5, 5.41) is 10.3. The molecule has 2 N–H and O–H groups in total. The molecule has 23 heavy (non-hydrogen) atoms. The molecule has 0 fully saturated rings. The molecule has 0 bridgehead atoms. The van der Waals surface area contributed by atoms with Crippen LogP contribution in [0.2, 0.25) is 10.0 Å². The van der Waals surface area contributed by atoms with Crippen molar-refractivity contribution in [2.75, 3.05) is 6.61 Å². The zero-order chi connectivity index (χ0) is 16.4. The Morgan fingerprint density at radius 2 is 1.91 bits per heavy atom. The number of nitrogens with one attached hydrogen (secondary N) is 1. The topological polar surface area (TPSA) is 62.3 Å². The van der Waals surface area contributed by atoms with Crippen LogP contribution in [0.3, 0.4) is 0 Å². The highest BCUT2D eigenvalue weighted by molar-refractivity contribution is 6.41. The van der Waals surface area contributed by atoms with Crippen molar-refractivity contribution in [3.63, 3.8) is 0 Å². The van der Waals surface area contributed by atoms with Crippen molar-refractivity contribution in [1.82, 2.24) is 4.98 Å². The van der Waals surface area contributed by atoms with E-state index < -0.39 is 5.97 Å². The van der Waals surface area contributed by atoms with E-state index in [1.165, 1.54) is 6.07 Å². The molecule has 0 amide bonds. The standard InChI is InChI=1S/C17H13Cl2NO3/c18-12-9-13-11(8-14(20-13)17(21)22)15(19)16(12)23-7-6-10-4-2-1-3-5-10/h1-5,8-9,20H,6-7H2,(H,21,22). The van der Waals surface area contributed by atoms with E-state index in [9.17, 15) is 4.79 Å². The number of aromatic carboxylic acids is 1. The van der Waals surface area contributed by atoms with Crippen LogP contribution in [0.5, 0.6) is 5.75 Å². The van der Waals surface area contributed by atoms with Gasteiger partial charge in [-0.25, -0.2) is 4.79 Å². The van der Waals surface area contributed by atoms with Crippen LogP contribution in [-0.4, -0.2) is 22.7 Å². The number of hydrogen-bond acceptors (Lipinski definition) is 2. The van der Waals surface area contributed by atoms with E-state index in [0.717, 1.165) is 12.0 Å². The molecule has 1 heterocycles. The van der Waals surface area contributed by atoms with Gasteiger partial charge in [0.15, 0.2) is 5.75 Å². The molecular weight excluding hydrogens is 337 g/mol. The summed E-state index contributed by atoms with van der Waals surface area (Å²) in [5.74, 6) is -0.687. The van der Waals surface area contributed by atoms with Gasteiger partial charge in [-0.15, -0.1) is 0 Å². The van der Waals surface area contributed by atoms with E-state index in [-0.39, 0.29) is 5.69 Å². The quantitative estimate of drug-likeness (QED) is 0.695. The van der Waals surface area contributed by atoms with Crippen LogP contribution in [-0.2, 0) is 6.42 Å². The van der Waals surface area contributed by atoms with Crippen molar-refractivity contribution in [2.24, 2.45) is 0 Å². The molecular formula is C17H13Cl2NO3. The van der Waals surface area contributed by atoms with Gasteiger partial charge in [0.25, 0.3) is 0 Å². The lowest BCUT2D eigenvalue weighted by atomic mass is 10.2. The van der Waals surface area contributed by atoms with Gasteiger partial charge in [0.2, 0.25) is 0 Å². The largest absolute Gasteiger partial charge is 0.490 e. The summed E-state index contributed by atoms with van der Waals surface area (Å²) < 4.78 is 5.72. The van der Waals surface area contributed by atoms with Gasteiger partial charge in [-0.1, -0.05) is 53.5 Å². The maximum atomic E-state index is 11.0. The Hall–Kier alpha value is -2.17. The number of benzene rings is 2. The fraction of sp³-hybridized carbons (Fsp3) is 0.118. The Labute approximate surface area is 142 Å². The number of ether oxygens (including phenoxy) is 1. The van der Waals surface area contributed by atoms with Crippen molar-refractivity contribution in [3.05, 3.63) is 63.8 Å². The molecule has 0 unspecified atom stereocenters. The number of fused-ring (bicyclic) bond motifs is 1. The van der Waals surface area contributed by atoms with Crippen molar-refractivity contribution in [2.45, 2.75) is 6.42 Å². The lowest BCUT2D eigenvalue weighted by Crippen LogP contribution is -2.02. The van der Waals surface area contributed by atoms with Crippen LogP contribution >= 0.6 is 23.2 Å². The Morgan fingerprint density at radius 1 is 1.17 bits per heavy atom. The SMILES string of the molecule is O=C(O)c1cc2c(Cl)c(OCCc3ccccc3)c(Cl)cc2[nH]1. The number of hydrogen-bond donors (Lipinski definition) is 2. The summed E-state index contributed by atoms with van der Waals surface area (Å²) in [5.41, 5.74) is 1.77. The van der Waals surface area contributed by atoms with Crippen molar-refractivity contribution in [1.29, 1.82) is 0 Å². The fourth-order valence-electron chi connectivity index (χ4n) is 2.35. The number of carboxylic acid groups (broad SMARTS) is 1. The van der Waals surface area contributed by atoms with E-state index in [1.54, 1.807) is 6.07 Å². The Balaban J connectivity index is 1.84. The first-order chi connectivity index (χ1) is 11.1. The molecule has 3 rings (SSSR count). The third-order valence-electron chi connectivity index (χ3n) is 3.48. The van der Waals surface area contributed by atoms with Crippen LogP contribution in [0, 0.1) is 0 Å². The van der Waals surface area contributed by atoms with Gasteiger partial charge in [-0.3, -0.25) is 0 Å². The first kappa shape index (κ1) is 15.7. The minimum Gasteiger partial charge on any atom is -0.490 e. The first-order valence-corrected chi connectivity index (χ1v) is 7.72. The molecule has 1 aromatic heterocycles. The summed E-state index contributed by atoms with van der Waals surface area (Å²) in [4.78, 5) is 13.8. The number of rotatable bonds is 5. The molecule has 0 saturated heterocycles. The van der Waals surface area contributed by atoms with E-state index in [1.807, 2.05) is 30.3 Å². The second-order valence-corrected chi connectivity index (χ2v) is 5.82. The van der Waals surface area contributed by atoms with Crippen LogP contribution < -0.4 is 4.74 Å². The molecule has 3 aromatic rings. The van der Waals surface area contributed by atoms with Crippen molar-refractivity contribution < 1.29 is 14.6 Å². The molecule has 2 aromatic carbocycles. The molecule has 118 valence electrons. The lowest BCUT2D eigenvalue weighted by Gasteiger charge is -2.11. The molecule has 6 heteroatoms. The molecule has 0 aliphatic rings. The van der Waals surface area contributed by atoms with Crippen LogP contribution in [0.25, 0.3) is 10.9 Å². The molecule has 0 saturated carbocycles. The average molecular weight is 350 g/mol. The predicted molar refractivity (Wildman–Crippen MR) is 90.9 cm³/mol. The highest BCUT2D eigenvalue weighted by Crippen LogP contribution is 2.39. The van der Waals surface area contributed by atoms with Crippen molar-refractivity contribution >= 4 is 40.1 Å². The number of aromatic nitrogens is 1. The average Bonchev–Trinajstić information content (AvgIpc) is 2.96. The minimum absolute atomic E-state index is 0.0550.